The van der Waals surface area contributed by atoms with Crippen molar-refractivity contribution >= 4 is 38.2 Å². The van der Waals surface area contributed by atoms with Gasteiger partial charge in [-0.15, -0.1) is 11.3 Å². The summed E-state index contributed by atoms with van der Waals surface area (Å²) in [5, 5.41) is 7.59. The van der Waals surface area contributed by atoms with E-state index in [1.54, 1.807) is 11.3 Å². The van der Waals surface area contributed by atoms with E-state index < -0.39 is 0 Å². The number of furan rings is 1. The first-order valence-electron chi connectivity index (χ1n) is 10.4. The predicted octanol–water partition coefficient (Wildman–Crippen LogP) is 6.78. The number of hydrogen-bond donors (Lipinski definition) is 2. The number of anilines is 1. The molecular weight excluding hydrogens is 460 g/mol. The first kappa shape index (κ1) is 19.9. The van der Waals surface area contributed by atoms with Gasteiger partial charge in [0.15, 0.2) is 6.17 Å². The molecule has 2 aromatic heterocycles. The van der Waals surface area contributed by atoms with Gasteiger partial charge in [-0.25, -0.2) is 0 Å². The molecule has 2 N–H and O–H groups in total. The maximum Gasteiger partial charge on any atom is 0.256 e. The lowest BCUT2D eigenvalue weighted by molar-refractivity contribution is 0.0930. The lowest BCUT2D eigenvalue weighted by Gasteiger charge is -2.34. The number of nitrogens with one attached hydrogen (secondary N) is 2. The van der Waals surface area contributed by atoms with Gasteiger partial charge in [0.1, 0.15) is 16.5 Å². The summed E-state index contributed by atoms with van der Waals surface area (Å²) < 4.78 is 7.12. The Labute approximate surface area is 189 Å². The molecule has 0 spiro atoms. The second kappa shape index (κ2) is 7.27. The molecule has 3 heterocycles. The van der Waals surface area contributed by atoms with E-state index in [4.69, 9.17) is 4.42 Å². The Kier molecular flexibility index (Phi) is 4.82. The lowest BCUT2D eigenvalue weighted by atomic mass is 9.72. The van der Waals surface area contributed by atoms with Gasteiger partial charge in [0, 0.05) is 14.9 Å². The van der Waals surface area contributed by atoms with E-state index in [0.717, 1.165) is 45.6 Å². The number of rotatable bonds is 2. The zero-order chi connectivity index (χ0) is 21.0. The standard InChI is InChI=1S/C24H25BrN2O2S/c1-24(2,3)14-6-9-16-19(12-14)30-23-20(16)22(28)26-21(27-23)18-11-10-17(29-18)13-4-7-15(25)8-5-13/h4-5,7-8,10-11,14,21,27H,6,9,12H2,1-3H3,(H,26,28). The zero-order valence-electron chi connectivity index (χ0n) is 17.3. The second-order valence-corrected chi connectivity index (χ2v) is 11.3. The van der Waals surface area contributed by atoms with Gasteiger partial charge in [0.05, 0.1) is 5.56 Å². The SMILES string of the molecule is CC(C)(C)C1CCc2c(sc3c2C(=O)NC(c2ccc(-c4ccc(Br)cc4)o2)N3)C1. The molecule has 0 bridgehead atoms. The van der Waals surface area contributed by atoms with Gasteiger partial charge in [-0.05, 0) is 60.4 Å². The molecule has 0 saturated heterocycles. The van der Waals surface area contributed by atoms with Gasteiger partial charge >= 0.3 is 0 Å². The van der Waals surface area contributed by atoms with Crippen LogP contribution in [0.5, 0.6) is 0 Å². The Morgan fingerprint density at radius 1 is 1.10 bits per heavy atom. The van der Waals surface area contributed by atoms with Crippen molar-refractivity contribution in [1.29, 1.82) is 0 Å². The monoisotopic (exact) mass is 484 g/mol. The predicted molar refractivity (Wildman–Crippen MR) is 125 cm³/mol. The van der Waals surface area contributed by atoms with Crippen LogP contribution in [0.2, 0.25) is 0 Å². The largest absolute Gasteiger partial charge is 0.457 e. The molecule has 3 aromatic rings. The molecule has 30 heavy (non-hydrogen) atoms. The molecule has 2 atom stereocenters. The number of thiophene rings is 1. The minimum Gasteiger partial charge on any atom is -0.457 e. The van der Waals surface area contributed by atoms with Crippen LogP contribution in [0.15, 0.2) is 45.3 Å². The lowest BCUT2D eigenvalue weighted by Crippen LogP contribution is -2.38. The highest BCUT2D eigenvalue weighted by atomic mass is 79.9. The van der Waals surface area contributed by atoms with Crippen LogP contribution >= 0.6 is 27.3 Å². The van der Waals surface area contributed by atoms with Gasteiger partial charge in [0.25, 0.3) is 5.91 Å². The van der Waals surface area contributed by atoms with Crippen LogP contribution in [0.25, 0.3) is 11.3 Å². The van der Waals surface area contributed by atoms with Crippen LogP contribution in [-0.4, -0.2) is 5.91 Å². The summed E-state index contributed by atoms with van der Waals surface area (Å²) in [5.41, 5.74) is 3.39. The fourth-order valence-electron chi connectivity index (χ4n) is 4.46. The average Bonchev–Trinajstić information content (AvgIpc) is 3.32. The summed E-state index contributed by atoms with van der Waals surface area (Å²) in [6.07, 6.45) is 2.83. The van der Waals surface area contributed by atoms with Crippen molar-refractivity contribution in [3.8, 4) is 11.3 Å². The maximum absolute atomic E-state index is 13.0. The topological polar surface area (TPSA) is 54.3 Å². The number of halogens is 1. The summed E-state index contributed by atoms with van der Waals surface area (Å²) in [5.74, 6) is 2.16. The molecule has 1 aliphatic heterocycles. The van der Waals surface area contributed by atoms with E-state index in [9.17, 15) is 4.79 Å². The highest BCUT2D eigenvalue weighted by Crippen LogP contribution is 2.46. The minimum absolute atomic E-state index is 0.00190. The molecule has 156 valence electrons. The quantitative estimate of drug-likeness (QED) is 0.421. The smallest absolute Gasteiger partial charge is 0.256 e. The van der Waals surface area contributed by atoms with E-state index in [0.29, 0.717) is 11.7 Å². The van der Waals surface area contributed by atoms with E-state index >= 15 is 0 Å². The van der Waals surface area contributed by atoms with Crippen molar-refractivity contribution in [2.24, 2.45) is 11.3 Å². The Morgan fingerprint density at radius 2 is 1.87 bits per heavy atom. The number of carbonyl (C=O) groups excluding carboxylic acids is 1. The van der Waals surface area contributed by atoms with Gasteiger partial charge in [-0.1, -0.05) is 48.8 Å². The first-order valence-corrected chi connectivity index (χ1v) is 12.0. The van der Waals surface area contributed by atoms with Crippen LogP contribution in [-0.2, 0) is 12.8 Å². The van der Waals surface area contributed by atoms with Crippen molar-refractivity contribution in [1.82, 2.24) is 5.32 Å². The Balaban J connectivity index is 1.41. The molecule has 0 radical (unpaired) electrons. The Morgan fingerprint density at radius 3 is 2.60 bits per heavy atom. The summed E-state index contributed by atoms with van der Waals surface area (Å²) in [6.45, 7) is 6.95. The van der Waals surface area contributed by atoms with E-state index in [1.165, 1.54) is 10.4 Å². The van der Waals surface area contributed by atoms with Gasteiger partial charge < -0.3 is 15.1 Å². The number of hydrogen-bond acceptors (Lipinski definition) is 4. The maximum atomic E-state index is 13.0. The van der Waals surface area contributed by atoms with Crippen molar-refractivity contribution in [3.05, 3.63) is 62.6 Å². The molecule has 5 rings (SSSR count). The van der Waals surface area contributed by atoms with Gasteiger partial charge in [0.2, 0.25) is 0 Å². The van der Waals surface area contributed by atoms with Crippen molar-refractivity contribution in [3.63, 3.8) is 0 Å². The third kappa shape index (κ3) is 3.50. The fraction of sp³-hybridized carbons (Fsp3) is 0.375. The van der Waals surface area contributed by atoms with Crippen LogP contribution in [0.3, 0.4) is 0 Å². The number of carbonyl (C=O) groups is 1. The average molecular weight is 485 g/mol. The van der Waals surface area contributed by atoms with E-state index in [1.807, 2.05) is 36.4 Å². The van der Waals surface area contributed by atoms with Crippen LogP contribution < -0.4 is 10.6 Å². The molecule has 4 nitrogen and oxygen atoms in total. The number of fused-ring (bicyclic) bond motifs is 3. The summed E-state index contributed by atoms with van der Waals surface area (Å²) >= 11 is 5.20. The highest BCUT2D eigenvalue weighted by Gasteiger charge is 2.37. The summed E-state index contributed by atoms with van der Waals surface area (Å²) in [4.78, 5) is 14.4. The molecule has 0 fully saturated rings. The van der Waals surface area contributed by atoms with E-state index in [2.05, 4.69) is 47.3 Å². The molecule has 1 aromatic carbocycles. The van der Waals surface area contributed by atoms with Crippen LogP contribution in [0, 0.1) is 11.3 Å². The molecule has 6 heteroatoms. The molecule has 2 unspecified atom stereocenters. The van der Waals surface area contributed by atoms with Crippen LogP contribution in [0.1, 0.15) is 59.9 Å². The Bertz CT molecular complexity index is 1110. The van der Waals surface area contributed by atoms with Gasteiger partial charge in [-0.3, -0.25) is 4.79 Å². The zero-order valence-corrected chi connectivity index (χ0v) is 19.7. The Hall–Kier alpha value is -2.05. The molecule has 0 saturated carbocycles. The van der Waals surface area contributed by atoms with Crippen molar-refractivity contribution in [2.45, 2.75) is 46.2 Å². The fourth-order valence-corrected chi connectivity index (χ4v) is 6.07. The molecular formula is C24H25BrN2O2S. The normalized spacial score (nSPS) is 20.9. The minimum atomic E-state index is -0.354. The number of amides is 1. The molecule has 1 amide bonds. The summed E-state index contributed by atoms with van der Waals surface area (Å²) in [7, 11) is 0. The van der Waals surface area contributed by atoms with Crippen molar-refractivity contribution in [2.75, 3.05) is 5.32 Å². The van der Waals surface area contributed by atoms with Crippen molar-refractivity contribution < 1.29 is 9.21 Å². The first-order chi connectivity index (χ1) is 14.3. The molecule has 1 aliphatic carbocycles. The third-order valence-corrected chi connectivity index (χ3v) is 8.02. The molecule has 2 aliphatic rings. The number of benzene rings is 1. The second-order valence-electron chi connectivity index (χ2n) is 9.27. The van der Waals surface area contributed by atoms with Gasteiger partial charge in [-0.2, -0.15) is 0 Å². The highest BCUT2D eigenvalue weighted by molar-refractivity contribution is 9.10. The van der Waals surface area contributed by atoms with E-state index in [-0.39, 0.29) is 17.5 Å². The summed E-state index contributed by atoms with van der Waals surface area (Å²) in [6, 6.07) is 11.9. The third-order valence-electron chi connectivity index (χ3n) is 6.31. The van der Waals surface area contributed by atoms with Crippen LogP contribution in [0.4, 0.5) is 5.00 Å².